The largest absolute Gasteiger partial charge is 0.345 e. The zero-order valence-corrected chi connectivity index (χ0v) is 15.1. The maximum atomic E-state index is 12.1. The third kappa shape index (κ3) is 5.59. The molecule has 0 bridgehead atoms. The van der Waals surface area contributed by atoms with Gasteiger partial charge in [-0.05, 0) is 36.0 Å². The third-order valence-electron chi connectivity index (χ3n) is 4.45. The first-order chi connectivity index (χ1) is 11.8. The fourth-order valence-electron chi connectivity index (χ4n) is 2.86. The highest BCUT2D eigenvalue weighted by Crippen LogP contribution is 2.22. The van der Waals surface area contributed by atoms with Crippen molar-refractivity contribution in [1.82, 2.24) is 16.2 Å². The molecule has 2 rings (SSSR count). The molecule has 0 heterocycles. The molecule has 0 atom stereocenters. The highest BCUT2D eigenvalue weighted by atomic mass is 16.2. The van der Waals surface area contributed by atoms with Crippen molar-refractivity contribution in [3.05, 3.63) is 35.4 Å². The zero-order chi connectivity index (χ0) is 18.4. The smallest absolute Gasteiger partial charge is 0.327 e. The Morgan fingerprint density at radius 3 is 2.04 bits per heavy atom. The van der Waals surface area contributed by atoms with Crippen LogP contribution in [0.1, 0.15) is 68.8 Å². The molecule has 3 N–H and O–H groups in total. The minimum atomic E-state index is -0.856. The topological polar surface area (TPSA) is 87.3 Å². The van der Waals surface area contributed by atoms with Gasteiger partial charge in [-0.2, -0.15) is 0 Å². The average molecular weight is 345 g/mol. The first-order valence-electron chi connectivity index (χ1n) is 8.79. The number of hydrogen-bond acceptors (Lipinski definition) is 3. The van der Waals surface area contributed by atoms with Gasteiger partial charge in [-0.15, -0.1) is 0 Å². The van der Waals surface area contributed by atoms with E-state index < -0.39 is 17.7 Å². The van der Waals surface area contributed by atoms with Gasteiger partial charge in [-0.25, -0.2) is 0 Å². The normalized spacial score (nSPS) is 15.3. The lowest BCUT2D eigenvalue weighted by Gasteiger charge is -2.22. The molecule has 0 spiro atoms. The second-order valence-corrected chi connectivity index (χ2v) is 7.54. The van der Waals surface area contributed by atoms with Gasteiger partial charge in [0.2, 0.25) is 0 Å². The van der Waals surface area contributed by atoms with E-state index in [-0.39, 0.29) is 11.5 Å². The number of hydrazine groups is 1. The molecule has 1 fully saturated rings. The van der Waals surface area contributed by atoms with Crippen LogP contribution in [0.25, 0.3) is 0 Å². The summed E-state index contributed by atoms with van der Waals surface area (Å²) in [6.07, 6.45) is 5.08. The predicted octanol–water partition coefficient (Wildman–Crippen LogP) is 2.19. The molecule has 3 amide bonds. The van der Waals surface area contributed by atoms with Crippen molar-refractivity contribution in [2.24, 2.45) is 0 Å². The van der Waals surface area contributed by atoms with Crippen LogP contribution in [-0.4, -0.2) is 23.8 Å². The molecule has 1 saturated carbocycles. The molecule has 1 aliphatic rings. The Labute approximate surface area is 148 Å². The summed E-state index contributed by atoms with van der Waals surface area (Å²) < 4.78 is 0. The predicted molar refractivity (Wildman–Crippen MR) is 95.8 cm³/mol. The minimum Gasteiger partial charge on any atom is -0.345 e. The van der Waals surface area contributed by atoms with E-state index in [1.165, 1.54) is 6.42 Å². The number of nitrogens with one attached hydrogen (secondary N) is 3. The summed E-state index contributed by atoms with van der Waals surface area (Å²) in [6.45, 7) is 6.27. The highest BCUT2D eigenvalue weighted by Gasteiger charge is 2.21. The maximum Gasteiger partial charge on any atom is 0.327 e. The van der Waals surface area contributed by atoms with E-state index in [9.17, 15) is 14.4 Å². The fraction of sp³-hybridized carbons (Fsp3) is 0.526. The van der Waals surface area contributed by atoms with Gasteiger partial charge in [-0.3, -0.25) is 25.2 Å². The Kier molecular flexibility index (Phi) is 6.17. The fourth-order valence-corrected chi connectivity index (χ4v) is 2.86. The summed E-state index contributed by atoms with van der Waals surface area (Å²) in [4.78, 5) is 35.7. The van der Waals surface area contributed by atoms with Crippen LogP contribution in [0, 0.1) is 0 Å². The van der Waals surface area contributed by atoms with Crippen LogP contribution in [0.4, 0.5) is 0 Å². The van der Waals surface area contributed by atoms with Crippen molar-refractivity contribution in [3.8, 4) is 0 Å². The minimum absolute atomic E-state index is 0.000426. The number of hydrogen-bond donors (Lipinski definition) is 3. The van der Waals surface area contributed by atoms with Crippen LogP contribution >= 0.6 is 0 Å². The molecule has 0 unspecified atom stereocenters. The van der Waals surface area contributed by atoms with E-state index in [1.54, 1.807) is 12.1 Å². The van der Waals surface area contributed by atoms with Crippen molar-refractivity contribution in [3.63, 3.8) is 0 Å². The quantitative estimate of drug-likeness (QED) is 0.567. The van der Waals surface area contributed by atoms with E-state index in [0.717, 1.165) is 31.2 Å². The average Bonchev–Trinajstić information content (AvgIpc) is 2.59. The third-order valence-corrected chi connectivity index (χ3v) is 4.45. The van der Waals surface area contributed by atoms with Crippen LogP contribution in [0.3, 0.4) is 0 Å². The van der Waals surface area contributed by atoms with Crippen molar-refractivity contribution in [2.75, 3.05) is 0 Å². The van der Waals surface area contributed by atoms with Gasteiger partial charge >= 0.3 is 11.8 Å². The molecule has 0 aliphatic heterocycles. The standard InChI is InChI=1S/C19H27N3O3/c1-19(2,3)14-11-9-13(10-12-14)16(23)21-22-18(25)17(24)20-15-7-5-4-6-8-15/h9-12,15H,4-8H2,1-3H3,(H,20,24)(H,21,23)(H,22,25). The van der Waals surface area contributed by atoms with Crippen molar-refractivity contribution >= 4 is 17.7 Å². The summed E-state index contributed by atoms with van der Waals surface area (Å²) in [6, 6.07) is 7.21. The van der Waals surface area contributed by atoms with Gasteiger partial charge < -0.3 is 5.32 Å². The lowest BCUT2D eigenvalue weighted by Crippen LogP contribution is -2.50. The van der Waals surface area contributed by atoms with Gasteiger partial charge in [0.1, 0.15) is 0 Å². The van der Waals surface area contributed by atoms with Gasteiger partial charge in [-0.1, -0.05) is 52.2 Å². The molecule has 0 radical (unpaired) electrons. The molecule has 1 aliphatic carbocycles. The summed E-state index contributed by atoms with van der Waals surface area (Å²) in [5, 5.41) is 2.70. The first-order valence-corrected chi connectivity index (χ1v) is 8.79. The molecule has 0 saturated heterocycles. The Bertz CT molecular complexity index is 626. The first kappa shape index (κ1) is 19.0. The SMILES string of the molecule is CC(C)(C)c1ccc(C(=O)NNC(=O)C(=O)NC2CCCCC2)cc1. The zero-order valence-electron chi connectivity index (χ0n) is 15.1. The molecule has 6 nitrogen and oxygen atoms in total. The van der Waals surface area contributed by atoms with Gasteiger partial charge in [0.15, 0.2) is 0 Å². The molecule has 1 aromatic rings. The van der Waals surface area contributed by atoms with E-state index in [1.807, 2.05) is 12.1 Å². The summed E-state index contributed by atoms with van der Waals surface area (Å²) in [7, 11) is 0. The maximum absolute atomic E-state index is 12.1. The number of carbonyl (C=O) groups is 3. The number of amides is 3. The molecular formula is C19H27N3O3. The molecular weight excluding hydrogens is 318 g/mol. The molecule has 0 aromatic heterocycles. The lowest BCUT2D eigenvalue weighted by atomic mass is 9.87. The number of benzene rings is 1. The lowest BCUT2D eigenvalue weighted by molar-refractivity contribution is -0.140. The van der Waals surface area contributed by atoms with Gasteiger partial charge in [0.25, 0.3) is 5.91 Å². The summed E-state index contributed by atoms with van der Waals surface area (Å²) >= 11 is 0. The molecule has 25 heavy (non-hydrogen) atoms. The van der Waals surface area contributed by atoms with Gasteiger partial charge in [0, 0.05) is 11.6 Å². The van der Waals surface area contributed by atoms with E-state index in [2.05, 4.69) is 36.9 Å². The Balaban J connectivity index is 1.82. The number of carbonyl (C=O) groups excluding carboxylic acids is 3. The Morgan fingerprint density at radius 2 is 1.48 bits per heavy atom. The highest BCUT2D eigenvalue weighted by molar-refractivity contribution is 6.35. The molecule has 136 valence electrons. The number of rotatable bonds is 2. The van der Waals surface area contributed by atoms with Crippen molar-refractivity contribution in [1.29, 1.82) is 0 Å². The van der Waals surface area contributed by atoms with Crippen LogP contribution in [-0.2, 0) is 15.0 Å². The van der Waals surface area contributed by atoms with Crippen molar-refractivity contribution < 1.29 is 14.4 Å². The Hall–Kier alpha value is -2.37. The second-order valence-electron chi connectivity index (χ2n) is 7.54. The van der Waals surface area contributed by atoms with Gasteiger partial charge in [0.05, 0.1) is 0 Å². The van der Waals surface area contributed by atoms with Crippen molar-refractivity contribution in [2.45, 2.75) is 64.3 Å². The monoisotopic (exact) mass is 345 g/mol. The van der Waals surface area contributed by atoms with E-state index in [0.29, 0.717) is 5.56 Å². The van der Waals surface area contributed by atoms with E-state index >= 15 is 0 Å². The summed E-state index contributed by atoms with van der Waals surface area (Å²) in [5.41, 5.74) is 5.97. The molecule has 6 heteroatoms. The van der Waals surface area contributed by atoms with Crippen LogP contribution in [0.5, 0.6) is 0 Å². The van der Waals surface area contributed by atoms with Crippen LogP contribution < -0.4 is 16.2 Å². The van der Waals surface area contributed by atoms with Crippen LogP contribution in [0.15, 0.2) is 24.3 Å². The van der Waals surface area contributed by atoms with Crippen LogP contribution in [0.2, 0.25) is 0 Å². The second kappa shape index (κ2) is 8.14. The Morgan fingerprint density at radius 1 is 0.880 bits per heavy atom. The van der Waals surface area contributed by atoms with E-state index in [4.69, 9.17) is 0 Å². The molecule has 1 aromatic carbocycles. The summed E-state index contributed by atoms with van der Waals surface area (Å²) in [5.74, 6) is -2.03.